The standard InChI is InChI=1S/C14H17Br2NO3/c1-14(2,3)20-13(19)7-6-12(18)17-11-8-9(15)4-5-10(11)16/h4-5,8H,6-7H2,1-3H3,(H,17,18). The fourth-order valence-electron chi connectivity index (χ4n) is 1.41. The number of hydrogen-bond acceptors (Lipinski definition) is 3. The molecule has 0 bridgehead atoms. The van der Waals surface area contributed by atoms with Crippen LogP contribution in [0.1, 0.15) is 33.6 Å². The highest BCUT2D eigenvalue weighted by molar-refractivity contribution is 9.11. The van der Waals surface area contributed by atoms with Crippen molar-refractivity contribution >= 4 is 49.4 Å². The van der Waals surface area contributed by atoms with Crippen molar-refractivity contribution in [1.82, 2.24) is 0 Å². The van der Waals surface area contributed by atoms with E-state index in [-0.39, 0.29) is 24.7 Å². The average Bonchev–Trinajstić information content (AvgIpc) is 2.29. The monoisotopic (exact) mass is 405 g/mol. The largest absolute Gasteiger partial charge is 0.460 e. The van der Waals surface area contributed by atoms with Gasteiger partial charge in [-0.2, -0.15) is 0 Å². The fourth-order valence-corrected chi connectivity index (χ4v) is 2.12. The minimum Gasteiger partial charge on any atom is -0.460 e. The summed E-state index contributed by atoms with van der Waals surface area (Å²) >= 11 is 6.69. The average molecular weight is 407 g/mol. The molecule has 0 spiro atoms. The van der Waals surface area contributed by atoms with Crippen LogP contribution < -0.4 is 5.32 Å². The van der Waals surface area contributed by atoms with Crippen LogP contribution >= 0.6 is 31.9 Å². The van der Waals surface area contributed by atoms with Crippen LogP contribution in [0.25, 0.3) is 0 Å². The van der Waals surface area contributed by atoms with Gasteiger partial charge < -0.3 is 10.1 Å². The maximum Gasteiger partial charge on any atom is 0.306 e. The van der Waals surface area contributed by atoms with Gasteiger partial charge in [0.1, 0.15) is 5.60 Å². The van der Waals surface area contributed by atoms with Crippen molar-refractivity contribution in [2.24, 2.45) is 0 Å². The fraction of sp³-hybridized carbons (Fsp3) is 0.429. The summed E-state index contributed by atoms with van der Waals surface area (Å²) in [5.41, 5.74) is 0.134. The van der Waals surface area contributed by atoms with Gasteiger partial charge in [-0.3, -0.25) is 9.59 Å². The van der Waals surface area contributed by atoms with Gasteiger partial charge in [0.05, 0.1) is 12.1 Å². The topological polar surface area (TPSA) is 55.4 Å². The molecule has 0 atom stereocenters. The number of hydrogen-bond donors (Lipinski definition) is 1. The zero-order valence-electron chi connectivity index (χ0n) is 11.6. The van der Waals surface area contributed by atoms with E-state index < -0.39 is 5.60 Å². The summed E-state index contributed by atoms with van der Waals surface area (Å²) in [5, 5.41) is 2.75. The molecule has 6 heteroatoms. The molecule has 0 unspecified atom stereocenters. The molecule has 4 nitrogen and oxygen atoms in total. The van der Waals surface area contributed by atoms with E-state index in [0.29, 0.717) is 5.69 Å². The second-order valence-electron chi connectivity index (χ2n) is 5.26. The van der Waals surface area contributed by atoms with Crippen LogP contribution in [0.15, 0.2) is 27.1 Å². The van der Waals surface area contributed by atoms with E-state index in [0.717, 1.165) is 8.95 Å². The van der Waals surface area contributed by atoms with E-state index in [4.69, 9.17) is 4.74 Å². The zero-order chi connectivity index (χ0) is 15.3. The molecular weight excluding hydrogens is 390 g/mol. The van der Waals surface area contributed by atoms with Gasteiger partial charge in [-0.1, -0.05) is 15.9 Å². The van der Waals surface area contributed by atoms with E-state index >= 15 is 0 Å². The quantitative estimate of drug-likeness (QED) is 0.759. The van der Waals surface area contributed by atoms with Gasteiger partial charge in [-0.15, -0.1) is 0 Å². The van der Waals surface area contributed by atoms with Crippen molar-refractivity contribution in [3.8, 4) is 0 Å². The Morgan fingerprint density at radius 2 is 1.85 bits per heavy atom. The molecule has 0 radical (unpaired) electrons. The SMILES string of the molecule is CC(C)(C)OC(=O)CCC(=O)Nc1cc(Br)ccc1Br. The van der Waals surface area contributed by atoms with E-state index in [1.807, 2.05) is 12.1 Å². The lowest BCUT2D eigenvalue weighted by molar-refractivity contribution is -0.155. The maximum atomic E-state index is 11.8. The van der Waals surface area contributed by atoms with Crippen molar-refractivity contribution in [3.63, 3.8) is 0 Å². The van der Waals surface area contributed by atoms with Crippen LogP contribution in [0.2, 0.25) is 0 Å². The normalized spacial score (nSPS) is 11.1. The summed E-state index contributed by atoms with van der Waals surface area (Å²) in [6.45, 7) is 5.39. The van der Waals surface area contributed by atoms with Gasteiger partial charge in [0.2, 0.25) is 5.91 Å². The highest BCUT2D eigenvalue weighted by atomic mass is 79.9. The van der Waals surface area contributed by atoms with E-state index in [9.17, 15) is 9.59 Å². The van der Waals surface area contributed by atoms with Crippen LogP contribution in [-0.4, -0.2) is 17.5 Å². The predicted octanol–water partition coefficient (Wildman–Crippen LogP) is 4.27. The molecule has 1 amide bonds. The molecule has 0 fully saturated rings. The molecule has 1 rings (SSSR count). The van der Waals surface area contributed by atoms with Gasteiger partial charge in [0.25, 0.3) is 0 Å². The zero-order valence-corrected chi connectivity index (χ0v) is 14.8. The predicted molar refractivity (Wildman–Crippen MR) is 85.6 cm³/mol. The van der Waals surface area contributed by atoms with Crippen molar-refractivity contribution in [1.29, 1.82) is 0 Å². The molecule has 1 N–H and O–H groups in total. The molecule has 0 saturated heterocycles. The molecule has 20 heavy (non-hydrogen) atoms. The third-order valence-corrected chi connectivity index (χ3v) is 3.36. The van der Waals surface area contributed by atoms with Crippen molar-refractivity contribution in [2.45, 2.75) is 39.2 Å². The van der Waals surface area contributed by atoms with Gasteiger partial charge in [-0.25, -0.2) is 0 Å². The lowest BCUT2D eigenvalue weighted by atomic mass is 10.2. The Morgan fingerprint density at radius 1 is 1.20 bits per heavy atom. The van der Waals surface area contributed by atoms with E-state index in [2.05, 4.69) is 37.2 Å². The molecule has 1 aromatic carbocycles. The second-order valence-corrected chi connectivity index (χ2v) is 7.03. The maximum absolute atomic E-state index is 11.8. The molecule has 0 aliphatic carbocycles. The summed E-state index contributed by atoms with van der Waals surface area (Å²) in [7, 11) is 0. The lowest BCUT2D eigenvalue weighted by Gasteiger charge is -2.19. The number of halogens is 2. The van der Waals surface area contributed by atoms with Gasteiger partial charge >= 0.3 is 5.97 Å². The number of ether oxygens (including phenoxy) is 1. The molecule has 110 valence electrons. The van der Waals surface area contributed by atoms with Crippen molar-refractivity contribution in [3.05, 3.63) is 27.1 Å². The molecule has 0 saturated carbocycles. The first-order valence-electron chi connectivity index (χ1n) is 6.14. The minimum absolute atomic E-state index is 0.0642. The number of anilines is 1. The summed E-state index contributed by atoms with van der Waals surface area (Å²) in [4.78, 5) is 23.3. The molecule has 0 heterocycles. The van der Waals surface area contributed by atoms with Gasteiger partial charge in [0.15, 0.2) is 0 Å². The first kappa shape index (κ1) is 17.2. The van der Waals surface area contributed by atoms with Crippen molar-refractivity contribution in [2.75, 3.05) is 5.32 Å². The van der Waals surface area contributed by atoms with Crippen LogP contribution in [-0.2, 0) is 14.3 Å². The number of benzene rings is 1. The lowest BCUT2D eigenvalue weighted by Crippen LogP contribution is -2.24. The Labute approximate surface area is 135 Å². The smallest absolute Gasteiger partial charge is 0.306 e. The van der Waals surface area contributed by atoms with Crippen LogP contribution in [0.5, 0.6) is 0 Å². The minimum atomic E-state index is -0.527. The Bertz CT molecular complexity index is 510. The molecule has 0 aliphatic rings. The van der Waals surface area contributed by atoms with Crippen molar-refractivity contribution < 1.29 is 14.3 Å². The number of carbonyl (C=O) groups is 2. The van der Waals surface area contributed by atoms with Crippen LogP contribution in [0, 0.1) is 0 Å². The van der Waals surface area contributed by atoms with Crippen LogP contribution in [0.3, 0.4) is 0 Å². The molecular formula is C14H17Br2NO3. The number of carbonyl (C=O) groups excluding carboxylic acids is 2. The number of rotatable bonds is 4. The Hall–Kier alpha value is -0.880. The number of esters is 1. The summed E-state index contributed by atoms with van der Waals surface area (Å²) in [6, 6.07) is 5.48. The summed E-state index contributed by atoms with van der Waals surface area (Å²) in [5.74, 6) is -0.601. The molecule has 1 aromatic rings. The Morgan fingerprint density at radius 3 is 2.45 bits per heavy atom. The molecule has 0 aliphatic heterocycles. The molecule has 0 aromatic heterocycles. The Kier molecular flexibility index (Phi) is 6.20. The summed E-state index contributed by atoms with van der Waals surface area (Å²) < 4.78 is 6.79. The highest BCUT2D eigenvalue weighted by Gasteiger charge is 2.17. The first-order chi connectivity index (χ1) is 9.17. The third kappa shape index (κ3) is 6.52. The number of nitrogens with one attached hydrogen (secondary N) is 1. The first-order valence-corrected chi connectivity index (χ1v) is 7.73. The van der Waals surface area contributed by atoms with Gasteiger partial charge in [-0.05, 0) is 54.9 Å². The highest BCUT2D eigenvalue weighted by Crippen LogP contribution is 2.26. The van der Waals surface area contributed by atoms with E-state index in [1.54, 1.807) is 26.8 Å². The second kappa shape index (κ2) is 7.22. The number of amides is 1. The van der Waals surface area contributed by atoms with Crippen LogP contribution in [0.4, 0.5) is 5.69 Å². The Balaban J connectivity index is 2.48. The van der Waals surface area contributed by atoms with Gasteiger partial charge in [0, 0.05) is 15.4 Å². The van der Waals surface area contributed by atoms with E-state index in [1.165, 1.54) is 0 Å². The third-order valence-electron chi connectivity index (χ3n) is 2.18. The summed E-state index contributed by atoms with van der Waals surface area (Å²) in [6.07, 6.45) is 0.155.